The van der Waals surface area contributed by atoms with E-state index in [2.05, 4.69) is 12.0 Å². The Balaban J connectivity index is 2.87. The predicted molar refractivity (Wildman–Crippen MR) is 69.5 cm³/mol. The third-order valence-electron chi connectivity index (χ3n) is 2.65. The van der Waals surface area contributed by atoms with E-state index in [0.29, 0.717) is 18.1 Å². The standard InChI is InChI=1S/C12H20ClN3O/c1-4-7-16(8-6-13)12(17)11-9-10(5-2)14-15(11)3/h9H,4-8H2,1-3H3. The van der Waals surface area contributed by atoms with Crippen LogP contribution in [0.15, 0.2) is 6.07 Å². The molecule has 0 fully saturated rings. The van der Waals surface area contributed by atoms with Crippen LogP contribution in [0.5, 0.6) is 0 Å². The van der Waals surface area contributed by atoms with E-state index in [0.717, 1.165) is 25.1 Å². The zero-order valence-electron chi connectivity index (χ0n) is 10.7. The molecule has 1 aromatic heterocycles. The van der Waals surface area contributed by atoms with Crippen molar-refractivity contribution >= 4 is 17.5 Å². The topological polar surface area (TPSA) is 38.1 Å². The highest BCUT2D eigenvalue weighted by molar-refractivity contribution is 6.18. The van der Waals surface area contributed by atoms with Crippen molar-refractivity contribution in [3.05, 3.63) is 17.5 Å². The van der Waals surface area contributed by atoms with E-state index in [9.17, 15) is 4.79 Å². The van der Waals surface area contributed by atoms with Gasteiger partial charge < -0.3 is 4.90 Å². The number of rotatable bonds is 6. The van der Waals surface area contributed by atoms with Crippen molar-refractivity contribution in [1.82, 2.24) is 14.7 Å². The number of aryl methyl sites for hydroxylation is 2. The molecule has 0 bridgehead atoms. The minimum Gasteiger partial charge on any atom is -0.336 e. The largest absolute Gasteiger partial charge is 0.336 e. The lowest BCUT2D eigenvalue weighted by molar-refractivity contribution is 0.0754. The first-order valence-corrected chi connectivity index (χ1v) is 6.55. The summed E-state index contributed by atoms with van der Waals surface area (Å²) in [6, 6.07) is 1.86. The minimum absolute atomic E-state index is 0.0159. The zero-order chi connectivity index (χ0) is 12.8. The van der Waals surface area contributed by atoms with Gasteiger partial charge in [0.2, 0.25) is 0 Å². The Bertz CT molecular complexity index is 370. The summed E-state index contributed by atoms with van der Waals surface area (Å²) in [5.74, 6) is 0.478. The summed E-state index contributed by atoms with van der Waals surface area (Å²) in [7, 11) is 1.80. The van der Waals surface area contributed by atoms with E-state index in [-0.39, 0.29) is 5.91 Å². The number of halogens is 1. The van der Waals surface area contributed by atoms with Crippen LogP contribution in [-0.2, 0) is 13.5 Å². The summed E-state index contributed by atoms with van der Waals surface area (Å²) >= 11 is 5.72. The van der Waals surface area contributed by atoms with Gasteiger partial charge >= 0.3 is 0 Å². The molecule has 1 rings (SSSR count). The molecule has 4 nitrogen and oxygen atoms in total. The van der Waals surface area contributed by atoms with Crippen molar-refractivity contribution in [3.63, 3.8) is 0 Å². The third-order valence-corrected chi connectivity index (χ3v) is 2.82. The van der Waals surface area contributed by atoms with Gasteiger partial charge in [0.05, 0.1) is 5.69 Å². The smallest absolute Gasteiger partial charge is 0.272 e. The van der Waals surface area contributed by atoms with Gasteiger partial charge in [0, 0.05) is 26.0 Å². The lowest BCUT2D eigenvalue weighted by atomic mass is 10.2. The molecule has 1 heterocycles. The molecule has 0 radical (unpaired) electrons. The van der Waals surface area contributed by atoms with Crippen LogP contribution in [0, 0.1) is 0 Å². The third kappa shape index (κ3) is 3.46. The van der Waals surface area contributed by atoms with Crippen molar-refractivity contribution in [2.24, 2.45) is 7.05 Å². The van der Waals surface area contributed by atoms with Crippen LogP contribution in [0.3, 0.4) is 0 Å². The number of hydrogen-bond acceptors (Lipinski definition) is 2. The number of carbonyl (C=O) groups is 1. The van der Waals surface area contributed by atoms with Gasteiger partial charge in [-0.1, -0.05) is 13.8 Å². The van der Waals surface area contributed by atoms with E-state index >= 15 is 0 Å². The zero-order valence-corrected chi connectivity index (χ0v) is 11.5. The number of carbonyl (C=O) groups excluding carboxylic acids is 1. The second kappa shape index (κ2) is 6.64. The molecule has 0 aliphatic heterocycles. The average molecular weight is 258 g/mol. The van der Waals surface area contributed by atoms with Crippen molar-refractivity contribution < 1.29 is 4.79 Å². The van der Waals surface area contributed by atoms with Crippen LogP contribution in [0.4, 0.5) is 0 Å². The summed E-state index contributed by atoms with van der Waals surface area (Å²) in [6.45, 7) is 5.40. The maximum Gasteiger partial charge on any atom is 0.272 e. The fourth-order valence-corrected chi connectivity index (χ4v) is 1.95. The predicted octanol–water partition coefficient (Wildman–Crippen LogP) is 2.07. The number of aromatic nitrogens is 2. The number of amides is 1. The van der Waals surface area contributed by atoms with Gasteiger partial charge in [-0.05, 0) is 18.9 Å². The maximum absolute atomic E-state index is 12.3. The Labute approximate surface area is 108 Å². The molecular formula is C12H20ClN3O. The van der Waals surface area contributed by atoms with Crippen LogP contribution in [0.1, 0.15) is 36.5 Å². The SMILES string of the molecule is CCCN(CCCl)C(=O)c1cc(CC)nn1C. The molecule has 0 N–H and O–H groups in total. The van der Waals surface area contributed by atoms with E-state index in [4.69, 9.17) is 11.6 Å². The molecule has 0 unspecified atom stereocenters. The number of alkyl halides is 1. The summed E-state index contributed by atoms with van der Waals surface area (Å²) in [6.07, 6.45) is 1.77. The number of hydrogen-bond donors (Lipinski definition) is 0. The second-order valence-corrected chi connectivity index (χ2v) is 4.36. The Morgan fingerprint density at radius 1 is 1.47 bits per heavy atom. The van der Waals surface area contributed by atoms with E-state index in [1.165, 1.54) is 0 Å². The van der Waals surface area contributed by atoms with Crippen LogP contribution in [-0.4, -0.2) is 39.6 Å². The molecule has 0 saturated carbocycles. The van der Waals surface area contributed by atoms with Crippen molar-refractivity contribution in [2.45, 2.75) is 26.7 Å². The van der Waals surface area contributed by atoms with Gasteiger partial charge in [-0.2, -0.15) is 5.10 Å². The first kappa shape index (κ1) is 14.0. The lowest BCUT2D eigenvalue weighted by Gasteiger charge is -2.20. The highest BCUT2D eigenvalue weighted by Gasteiger charge is 2.18. The lowest BCUT2D eigenvalue weighted by Crippen LogP contribution is -2.34. The molecule has 0 aromatic carbocycles. The fraction of sp³-hybridized carbons (Fsp3) is 0.667. The molecule has 0 aliphatic carbocycles. The average Bonchev–Trinajstić information content (AvgIpc) is 2.69. The van der Waals surface area contributed by atoms with E-state index < -0.39 is 0 Å². The Hall–Kier alpha value is -1.03. The summed E-state index contributed by atoms with van der Waals surface area (Å²) in [4.78, 5) is 14.1. The molecule has 0 aliphatic rings. The molecule has 0 spiro atoms. The molecular weight excluding hydrogens is 238 g/mol. The summed E-state index contributed by atoms with van der Waals surface area (Å²) < 4.78 is 1.65. The van der Waals surface area contributed by atoms with Gasteiger partial charge in [-0.25, -0.2) is 0 Å². The fourth-order valence-electron chi connectivity index (χ4n) is 1.75. The first-order valence-electron chi connectivity index (χ1n) is 6.02. The Morgan fingerprint density at radius 2 is 2.18 bits per heavy atom. The van der Waals surface area contributed by atoms with Crippen LogP contribution in [0.25, 0.3) is 0 Å². The molecule has 96 valence electrons. The molecule has 5 heteroatoms. The highest BCUT2D eigenvalue weighted by atomic mass is 35.5. The van der Waals surface area contributed by atoms with E-state index in [1.807, 2.05) is 13.0 Å². The molecule has 1 amide bonds. The first-order chi connectivity index (χ1) is 8.13. The Kier molecular flexibility index (Phi) is 5.48. The molecule has 0 saturated heterocycles. The van der Waals surface area contributed by atoms with Gasteiger partial charge in [-0.15, -0.1) is 11.6 Å². The van der Waals surface area contributed by atoms with Crippen molar-refractivity contribution in [2.75, 3.05) is 19.0 Å². The normalized spacial score (nSPS) is 10.6. The van der Waals surface area contributed by atoms with Crippen molar-refractivity contribution in [1.29, 1.82) is 0 Å². The van der Waals surface area contributed by atoms with Crippen LogP contribution in [0.2, 0.25) is 0 Å². The summed E-state index contributed by atoms with van der Waals surface area (Å²) in [5, 5.41) is 4.29. The monoisotopic (exact) mass is 257 g/mol. The minimum atomic E-state index is 0.0159. The maximum atomic E-state index is 12.3. The quantitative estimate of drug-likeness (QED) is 0.732. The highest BCUT2D eigenvalue weighted by Crippen LogP contribution is 2.08. The van der Waals surface area contributed by atoms with Crippen LogP contribution >= 0.6 is 11.6 Å². The van der Waals surface area contributed by atoms with Gasteiger partial charge in [0.15, 0.2) is 0 Å². The molecule has 1 aromatic rings. The van der Waals surface area contributed by atoms with Gasteiger partial charge in [0.25, 0.3) is 5.91 Å². The van der Waals surface area contributed by atoms with Crippen molar-refractivity contribution in [3.8, 4) is 0 Å². The second-order valence-electron chi connectivity index (χ2n) is 3.98. The van der Waals surface area contributed by atoms with Crippen LogP contribution < -0.4 is 0 Å². The van der Waals surface area contributed by atoms with E-state index in [1.54, 1.807) is 16.6 Å². The van der Waals surface area contributed by atoms with Gasteiger partial charge in [0.1, 0.15) is 5.69 Å². The summed E-state index contributed by atoms with van der Waals surface area (Å²) in [5.41, 5.74) is 1.58. The van der Waals surface area contributed by atoms with Gasteiger partial charge in [-0.3, -0.25) is 9.48 Å². The molecule has 17 heavy (non-hydrogen) atoms. The molecule has 0 atom stereocenters. The Morgan fingerprint density at radius 3 is 2.65 bits per heavy atom. The number of nitrogens with zero attached hydrogens (tertiary/aromatic N) is 3.